The summed E-state index contributed by atoms with van der Waals surface area (Å²) in [5.41, 5.74) is 10.3. The van der Waals surface area contributed by atoms with Gasteiger partial charge in [0.15, 0.2) is 0 Å². The lowest BCUT2D eigenvalue weighted by Gasteiger charge is -2.21. The molecule has 1 unspecified atom stereocenters. The van der Waals surface area contributed by atoms with E-state index >= 15 is 0 Å². The maximum absolute atomic E-state index is 14.2. The first-order chi connectivity index (χ1) is 22.5. The molecular formula is C39H38Cl2FN3O3. The minimum absolute atomic E-state index is 0. The molecule has 5 rings (SSSR count). The zero-order valence-electron chi connectivity index (χ0n) is 26.9. The predicted octanol–water partition coefficient (Wildman–Crippen LogP) is 9.05. The Morgan fingerprint density at radius 1 is 0.854 bits per heavy atom. The smallest absolute Gasteiger partial charge is 0.258 e. The zero-order valence-corrected chi connectivity index (χ0v) is 28.5. The molecule has 9 heteroatoms. The van der Waals surface area contributed by atoms with Gasteiger partial charge in [0.25, 0.3) is 5.91 Å². The molecule has 5 aromatic rings. The third-order valence-corrected chi connectivity index (χ3v) is 8.10. The molecule has 0 spiro atoms. The van der Waals surface area contributed by atoms with Crippen LogP contribution in [0.3, 0.4) is 0 Å². The van der Waals surface area contributed by atoms with E-state index in [4.69, 9.17) is 22.1 Å². The number of halogens is 3. The van der Waals surface area contributed by atoms with Gasteiger partial charge in [0, 0.05) is 39.9 Å². The number of rotatable bonds is 11. The van der Waals surface area contributed by atoms with Crippen LogP contribution in [0.2, 0.25) is 5.02 Å². The maximum atomic E-state index is 14.2. The Morgan fingerprint density at radius 2 is 1.58 bits per heavy atom. The summed E-state index contributed by atoms with van der Waals surface area (Å²) < 4.78 is 20.6. The van der Waals surface area contributed by atoms with Crippen molar-refractivity contribution in [3.63, 3.8) is 0 Å². The third-order valence-electron chi connectivity index (χ3n) is 7.87. The molecule has 0 saturated heterocycles. The third kappa shape index (κ3) is 8.88. The Hall–Kier alpha value is -4.53. The van der Waals surface area contributed by atoms with Crippen LogP contribution in [0.1, 0.15) is 48.7 Å². The molecule has 0 heterocycles. The largest absolute Gasteiger partial charge is 0.457 e. The highest BCUT2D eigenvalue weighted by molar-refractivity contribution is 6.30. The monoisotopic (exact) mass is 685 g/mol. The van der Waals surface area contributed by atoms with Crippen LogP contribution in [-0.2, 0) is 16.9 Å². The van der Waals surface area contributed by atoms with Crippen molar-refractivity contribution in [2.45, 2.75) is 45.3 Å². The van der Waals surface area contributed by atoms with Gasteiger partial charge in [-0.05, 0) is 85.0 Å². The number of amides is 2. The fourth-order valence-electron chi connectivity index (χ4n) is 5.23. The topological polar surface area (TPSA) is 93.5 Å². The molecule has 0 aliphatic rings. The van der Waals surface area contributed by atoms with Gasteiger partial charge in [-0.2, -0.15) is 0 Å². The molecular weight excluding hydrogens is 648 g/mol. The molecule has 0 aromatic heterocycles. The van der Waals surface area contributed by atoms with Crippen LogP contribution >= 0.6 is 24.0 Å². The van der Waals surface area contributed by atoms with Crippen molar-refractivity contribution in [1.82, 2.24) is 10.6 Å². The summed E-state index contributed by atoms with van der Waals surface area (Å²) in [6.07, 6.45) is 0.390. The van der Waals surface area contributed by atoms with Crippen LogP contribution in [0.4, 0.5) is 4.39 Å². The van der Waals surface area contributed by atoms with E-state index in [-0.39, 0.29) is 30.3 Å². The predicted molar refractivity (Wildman–Crippen MR) is 193 cm³/mol. The SMILES string of the molecule is CCC(NCc1ccccc1F)C(=O)NC(=O)c1ccc(-c2ccccc2)cc1-c1ccc(Cl)cc1Oc1cccc(C(C)(C)N)c1.Cl. The second-order valence-corrected chi connectivity index (χ2v) is 12.3. The first kappa shape index (κ1) is 36.3. The van der Waals surface area contributed by atoms with Gasteiger partial charge < -0.3 is 15.8 Å². The lowest BCUT2D eigenvalue weighted by Crippen LogP contribution is -2.45. The van der Waals surface area contributed by atoms with Crippen molar-refractivity contribution in [1.29, 1.82) is 0 Å². The molecule has 0 bridgehead atoms. The Kier molecular flexibility index (Phi) is 12.1. The lowest BCUT2D eigenvalue weighted by molar-refractivity contribution is -0.122. The quantitative estimate of drug-likeness (QED) is 0.129. The summed E-state index contributed by atoms with van der Waals surface area (Å²) >= 11 is 6.45. The van der Waals surface area contributed by atoms with Gasteiger partial charge in [0.1, 0.15) is 17.3 Å². The van der Waals surface area contributed by atoms with E-state index in [9.17, 15) is 14.0 Å². The molecule has 4 N–H and O–H groups in total. The van der Waals surface area contributed by atoms with E-state index in [2.05, 4.69) is 10.6 Å². The van der Waals surface area contributed by atoms with Crippen molar-refractivity contribution in [3.05, 3.63) is 143 Å². The van der Waals surface area contributed by atoms with Crippen LogP contribution in [0.5, 0.6) is 11.5 Å². The van der Waals surface area contributed by atoms with E-state index < -0.39 is 23.4 Å². The fourth-order valence-corrected chi connectivity index (χ4v) is 5.39. The summed E-state index contributed by atoms with van der Waals surface area (Å²) in [5, 5.41) is 6.08. The number of nitrogens with one attached hydrogen (secondary N) is 2. The Bertz CT molecular complexity index is 1890. The number of benzene rings is 5. The van der Waals surface area contributed by atoms with Crippen molar-refractivity contribution >= 4 is 35.8 Å². The minimum atomic E-state index is -0.723. The summed E-state index contributed by atoms with van der Waals surface area (Å²) in [4.78, 5) is 27.2. The molecule has 0 fully saturated rings. The highest BCUT2D eigenvalue weighted by Crippen LogP contribution is 2.39. The average molecular weight is 687 g/mol. The molecule has 0 saturated carbocycles. The van der Waals surface area contributed by atoms with Gasteiger partial charge in [0.2, 0.25) is 5.91 Å². The van der Waals surface area contributed by atoms with Crippen molar-refractivity contribution in [2.75, 3.05) is 0 Å². The Balaban J connectivity index is 0.00000520. The highest BCUT2D eigenvalue weighted by Gasteiger charge is 2.24. The van der Waals surface area contributed by atoms with Crippen LogP contribution in [0, 0.1) is 5.82 Å². The van der Waals surface area contributed by atoms with E-state index in [1.165, 1.54) is 6.07 Å². The molecule has 0 aliphatic heterocycles. The maximum Gasteiger partial charge on any atom is 0.258 e. The number of ether oxygens (including phenoxy) is 1. The van der Waals surface area contributed by atoms with E-state index in [1.54, 1.807) is 42.5 Å². The number of carbonyl (C=O) groups excluding carboxylic acids is 2. The summed E-state index contributed by atoms with van der Waals surface area (Å²) in [7, 11) is 0. The molecule has 2 amide bonds. The number of imide groups is 1. The van der Waals surface area contributed by atoms with Crippen LogP contribution in [0.15, 0.2) is 115 Å². The molecule has 0 radical (unpaired) electrons. The van der Waals surface area contributed by atoms with Gasteiger partial charge in [-0.15, -0.1) is 12.4 Å². The zero-order chi connectivity index (χ0) is 33.6. The highest BCUT2D eigenvalue weighted by atomic mass is 35.5. The van der Waals surface area contributed by atoms with Gasteiger partial charge in [-0.25, -0.2) is 4.39 Å². The second kappa shape index (κ2) is 16.0. The second-order valence-electron chi connectivity index (χ2n) is 11.9. The van der Waals surface area contributed by atoms with E-state index in [0.717, 1.165) is 16.7 Å². The number of hydrogen-bond acceptors (Lipinski definition) is 5. The van der Waals surface area contributed by atoms with E-state index in [0.29, 0.717) is 39.6 Å². The van der Waals surface area contributed by atoms with E-state index in [1.807, 2.05) is 87.5 Å². The van der Waals surface area contributed by atoms with Crippen LogP contribution < -0.4 is 21.1 Å². The average Bonchev–Trinajstić information content (AvgIpc) is 3.06. The van der Waals surface area contributed by atoms with Crippen LogP contribution in [-0.4, -0.2) is 17.9 Å². The molecule has 48 heavy (non-hydrogen) atoms. The normalized spacial score (nSPS) is 11.7. The van der Waals surface area contributed by atoms with Crippen molar-refractivity contribution in [2.24, 2.45) is 5.73 Å². The van der Waals surface area contributed by atoms with Crippen molar-refractivity contribution in [3.8, 4) is 33.8 Å². The van der Waals surface area contributed by atoms with Crippen LogP contribution in [0.25, 0.3) is 22.3 Å². The molecule has 6 nitrogen and oxygen atoms in total. The molecule has 1 atom stereocenters. The summed E-state index contributed by atoms with van der Waals surface area (Å²) in [6.45, 7) is 5.78. The first-order valence-corrected chi connectivity index (χ1v) is 15.8. The summed E-state index contributed by atoms with van der Waals surface area (Å²) in [5.74, 6) is -0.483. The molecule has 0 aliphatic carbocycles. The number of carbonyl (C=O) groups is 2. The lowest BCUT2D eigenvalue weighted by atomic mass is 9.93. The van der Waals surface area contributed by atoms with Gasteiger partial charge in [-0.1, -0.05) is 85.3 Å². The van der Waals surface area contributed by atoms with Gasteiger partial charge in [0.05, 0.1) is 6.04 Å². The minimum Gasteiger partial charge on any atom is -0.457 e. The molecule has 248 valence electrons. The Morgan fingerprint density at radius 3 is 2.29 bits per heavy atom. The fraction of sp³-hybridized carbons (Fsp3) is 0.179. The Labute approximate surface area is 291 Å². The summed E-state index contributed by atoms with van der Waals surface area (Å²) in [6, 6.07) is 33.6. The van der Waals surface area contributed by atoms with Gasteiger partial charge in [-0.3, -0.25) is 14.9 Å². The first-order valence-electron chi connectivity index (χ1n) is 15.4. The standard InChI is InChI=1S/C39H37ClFN3O3.ClH/c1-4-35(43-24-27-13-8-9-16-34(27)41)38(46)44-37(45)32-19-17-26(25-11-6-5-7-12-25)21-33(32)31-20-18-29(40)23-36(31)47-30-15-10-14-28(22-30)39(2,3)42;/h5-23,35,43H,4,24,42H2,1-3H3,(H,44,45,46);1H. The number of hydrogen-bond donors (Lipinski definition) is 3. The number of nitrogens with two attached hydrogens (primary N) is 1. The van der Waals surface area contributed by atoms with Crippen molar-refractivity contribution < 1.29 is 18.7 Å². The molecule has 5 aromatic carbocycles. The van der Waals surface area contributed by atoms with Gasteiger partial charge >= 0.3 is 0 Å².